The predicted octanol–water partition coefficient (Wildman–Crippen LogP) is 2.61. The van der Waals surface area contributed by atoms with Gasteiger partial charge in [-0.2, -0.15) is 5.21 Å². The number of anilines is 1. The van der Waals surface area contributed by atoms with Gasteiger partial charge in [0.2, 0.25) is 5.82 Å². The number of aryl methyl sites for hydroxylation is 1. The number of nitrogens with zero attached hydrogens (tertiary/aromatic N) is 4. The van der Waals surface area contributed by atoms with E-state index in [2.05, 4.69) is 25.9 Å². The SMILES string of the molecule is Cn1cc(C(=O)Nc2cccc(-c3nn[nH]n3)c2)c2ccccc21. The number of carbonyl (C=O) groups is 1. The summed E-state index contributed by atoms with van der Waals surface area (Å²) in [4.78, 5) is 12.7. The van der Waals surface area contributed by atoms with Gasteiger partial charge in [0.15, 0.2) is 0 Å². The van der Waals surface area contributed by atoms with Crippen molar-refractivity contribution in [2.45, 2.75) is 0 Å². The van der Waals surface area contributed by atoms with Gasteiger partial charge in [-0.05, 0) is 23.4 Å². The van der Waals surface area contributed by atoms with Gasteiger partial charge >= 0.3 is 0 Å². The maximum Gasteiger partial charge on any atom is 0.257 e. The van der Waals surface area contributed by atoms with Gasteiger partial charge in [0.1, 0.15) is 0 Å². The average Bonchev–Trinajstić information content (AvgIpc) is 3.24. The van der Waals surface area contributed by atoms with E-state index in [-0.39, 0.29) is 5.91 Å². The number of hydrogen-bond acceptors (Lipinski definition) is 4. The average molecular weight is 318 g/mol. The summed E-state index contributed by atoms with van der Waals surface area (Å²) in [5, 5.41) is 17.7. The number of benzene rings is 2. The number of aromatic amines is 1. The zero-order valence-corrected chi connectivity index (χ0v) is 12.9. The molecule has 0 fully saturated rings. The molecule has 0 atom stereocenters. The molecule has 24 heavy (non-hydrogen) atoms. The normalized spacial score (nSPS) is 10.9. The Morgan fingerprint density at radius 3 is 2.88 bits per heavy atom. The van der Waals surface area contributed by atoms with E-state index in [1.807, 2.05) is 66.3 Å². The number of rotatable bonds is 3. The second-order valence-corrected chi connectivity index (χ2v) is 5.44. The molecule has 0 aliphatic heterocycles. The molecule has 0 spiro atoms. The van der Waals surface area contributed by atoms with E-state index >= 15 is 0 Å². The highest BCUT2D eigenvalue weighted by Crippen LogP contribution is 2.23. The molecule has 2 heterocycles. The molecule has 7 heteroatoms. The molecule has 0 saturated carbocycles. The van der Waals surface area contributed by atoms with Gasteiger partial charge in [0.05, 0.1) is 5.56 Å². The van der Waals surface area contributed by atoms with Crippen LogP contribution in [0.2, 0.25) is 0 Å². The number of aromatic nitrogens is 5. The molecule has 0 aliphatic carbocycles. The van der Waals surface area contributed by atoms with E-state index in [4.69, 9.17) is 0 Å². The number of H-pyrrole nitrogens is 1. The second-order valence-electron chi connectivity index (χ2n) is 5.44. The Morgan fingerprint density at radius 1 is 1.17 bits per heavy atom. The molecule has 118 valence electrons. The van der Waals surface area contributed by atoms with Gasteiger partial charge in [-0.25, -0.2) is 0 Å². The molecule has 1 amide bonds. The quantitative estimate of drug-likeness (QED) is 0.608. The molecule has 2 aromatic heterocycles. The van der Waals surface area contributed by atoms with Crippen molar-refractivity contribution in [2.24, 2.45) is 7.05 Å². The number of carbonyl (C=O) groups excluding carboxylic acids is 1. The van der Waals surface area contributed by atoms with Crippen LogP contribution in [-0.2, 0) is 7.05 Å². The molecule has 7 nitrogen and oxygen atoms in total. The van der Waals surface area contributed by atoms with Crippen molar-refractivity contribution < 1.29 is 4.79 Å². The van der Waals surface area contributed by atoms with Crippen LogP contribution in [0.5, 0.6) is 0 Å². The first kappa shape index (κ1) is 14.1. The van der Waals surface area contributed by atoms with Crippen molar-refractivity contribution in [3.8, 4) is 11.4 Å². The molecular formula is C17H14N6O. The third kappa shape index (κ3) is 2.41. The van der Waals surface area contributed by atoms with Gasteiger partial charge < -0.3 is 9.88 Å². The number of para-hydroxylation sites is 1. The van der Waals surface area contributed by atoms with Crippen LogP contribution in [0, 0.1) is 0 Å². The fraction of sp³-hybridized carbons (Fsp3) is 0.0588. The van der Waals surface area contributed by atoms with E-state index in [1.165, 1.54) is 0 Å². The van der Waals surface area contributed by atoms with E-state index in [0.717, 1.165) is 16.5 Å². The Hall–Kier alpha value is -3.48. The van der Waals surface area contributed by atoms with Crippen LogP contribution in [0.4, 0.5) is 5.69 Å². The summed E-state index contributed by atoms with van der Waals surface area (Å²) >= 11 is 0. The maximum atomic E-state index is 12.7. The van der Waals surface area contributed by atoms with Crippen LogP contribution in [0.25, 0.3) is 22.3 Å². The summed E-state index contributed by atoms with van der Waals surface area (Å²) in [5.74, 6) is 0.327. The molecule has 0 aliphatic rings. The molecule has 0 saturated heterocycles. The number of hydrogen-bond donors (Lipinski definition) is 2. The first-order valence-corrected chi connectivity index (χ1v) is 7.41. The Balaban J connectivity index is 1.65. The first-order valence-electron chi connectivity index (χ1n) is 7.41. The lowest BCUT2D eigenvalue weighted by molar-refractivity contribution is 0.102. The van der Waals surface area contributed by atoms with Crippen LogP contribution in [-0.4, -0.2) is 31.1 Å². The Kier molecular flexibility index (Phi) is 3.31. The molecule has 4 rings (SSSR count). The van der Waals surface area contributed by atoms with Gasteiger partial charge in [-0.3, -0.25) is 4.79 Å². The monoisotopic (exact) mass is 318 g/mol. The largest absolute Gasteiger partial charge is 0.350 e. The van der Waals surface area contributed by atoms with Gasteiger partial charge in [-0.1, -0.05) is 30.3 Å². The molecule has 4 aromatic rings. The minimum absolute atomic E-state index is 0.155. The summed E-state index contributed by atoms with van der Waals surface area (Å²) in [5.41, 5.74) is 3.11. The standard InChI is InChI=1S/C17H14N6O/c1-23-10-14(13-7-2-3-8-15(13)23)17(24)18-12-6-4-5-11(9-12)16-19-21-22-20-16/h2-10H,1H3,(H,18,24)(H,19,20,21,22). The van der Waals surface area contributed by atoms with E-state index in [0.29, 0.717) is 17.1 Å². The molecule has 2 N–H and O–H groups in total. The van der Waals surface area contributed by atoms with Crippen LogP contribution in [0.1, 0.15) is 10.4 Å². The predicted molar refractivity (Wildman–Crippen MR) is 90.5 cm³/mol. The van der Waals surface area contributed by atoms with Crippen molar-refractivity contribution in [3.05, 3.63) is 60.3 Å². The van der Waals surface area contributed by atoms with E-state index in [1.54, 1.807) is 0 Å². The Labute approximate surface area is 137 Å². The molecule has 2 aromatic carbocycles. The summed E-state index contributed by atoms with van der Waals surface area (Å²) in [7, 11) is 1.93. The zero-order chi connectivity index (χ0) is 16.5. The van der Waals surface area contributed by atoms with Gasteiger partial charge in [0.25, 0.3) is 5.91 Å². The second kappa shape index (κ2) is 5.62. The van der Waals surface area contributed by atoms with E-state index < -0.39 is 0 Å². The highest BCUT2D eigenvalue weighted by Gasteiger charge is 2.14. The third-order valence-electron chi connectivity index (χ3n) is 3.87. The summed E-state index contributed by atoms with van der Waals surface area (Å²) in [6.07, 6.45) is 1.84. The van der Waals surface area contributed by atoms with Crippen molar-refractivity contribution in [1.82, 2.24) is 25.2 Å². The number of nitrogens with one attached hydrogen (secondary N) is 2. The van der Waals surface area contributed by atoms with Gasteiger partial charge in [-0.15, -0.1) is 10.2 Å². The van der Waals surface area contributed by atoms with Crippen LogP contribution >= 0.6 is 0 Å². The lowest BCUT2D eigenvalue weighted by Crippen LogP contribution is -2.11. The fourth-order valence-corrected chi connectivity index (χ4v) is 2.74. The van der Waals surface area contributed by atoms with Crippen molar-refractivity contribution in [1.29, 1.82) is 0 Å². The molecular weight excluding hydrogens is 304 g/mol. The van der Waals surface area contributed by atoms with Crippen molar-refractivity contribution >= 4 is 22.5 Å². The summed E-state index contributed by atoms with van der Waals surface area (Å²) < 4.78 is 1.94. The highest BCUT2D eigenvalue weighted by molar-refractivity contribution is 6.13. The minimum atomic E-state index is -0.155. The molecule has 0 radical (unpaired) electrons. The first-order chi connectivity index (χ1) is 11.7. The zero-order valence-electron chi connectivity index (χ0n) is 12.9. The lowest BCUT2D eigenvalue weighted by Gasteiger charge is -2.05. The van der Waals surface area contributed by atoms with Crippen molar-refractivity contribution in [2.75, 3.05) is 5.32 Å². The highest BCUT2D eigenvalue weighted by atomic mass is 16.1. The van der Waals surface area contributed by atoms with E-state index in [9.17, 15) is 4.79 Å². The molecule has 0 bridgehead atoms. The van der Waals surface area contributed by atoms with Crippen LogP contribution < -0.4 is 5.32 Å². The van der Waals surface area contributed by atoms with Crippen LogP contribution in [0.3, 0.4) is 0 Å². The third-order valence-corrected chi connectivity index (χ3v) is 3.87. The Bertz CT molecular complexity index is 1020. The summed E-state index contributed by atoms with van der Waals surface area (Å²) in [6.45, 7) is 0. The van der Waals surface area contributed by atoms with Gasteiger partial charge in [0, 0.05) is 35.4 Å². The smallest absolute Gasteiger partial charge is 0.257 e. The summed E-state index contributed by atoms with van der Waals surface area (Å²) in [6, 6.07) is 15.2. The Morgan fingerprint density at radius 2 is 2.04 bits per heavy atom. The maximum absolute atomic E-state index is 12.7. The van der Waals surface area contributed by atoms with Crippen LogP contribution in [0.15, 0.2) is 54.7 Å². The van der Waals surface area contributed by atoms with Crippen molar-refractivity contribution in [3.63, 3.8) is 0 Å². The minimum Gasteiger partial charge on any atom is -0.350 e. The molecule has 0 unspecified atom stereocenters. The fourth-order valence-electron chi connectivity index (χ4n) is 2.74. The number of tetrazole rings is 1. The number of amides is 1. The topological polar surface area (TPSA) is 88.5 Å². The lowest BCUT2D eigenvalue weighted by atomic mass is 10.1. The number of fused-ring (bicyclic) bond motifs is 1.